The molecule has 0 saturated heterocycles. The lowest BCUT2D eigenvalue weighted by atomic mass is 9.94. The first kappa shape index (κ1) is 46.6. The van der Waals surface area contributed by atoms with Crippen molar-refractivity contribution in [1.82, 2.24) is 15.5 Å². The molecular formula is C52H54N3O9P. The zero-order chi connectivity index (χ0) is 45.8. The van der Waals surface area contributed by atoms with Gasteiger partial charge in [0.05, 0.1) is 26.4 Å². The Bertz CT molecular complexity index is 2510. The number of hydrogen-bond donors (Lipinski definition) is 2. The number of carbonyl (C=O) groups excluding carboxylic acids is 4. The lowest BCUT2D eigenvalue weighted by molar-refractivity contribution is -0.149. The molecule has 2 N–H and O–H groups in total. The number of hydrogen-bond acceptors (Lipinski definition) is 10. The van der Waals surface area contributed by atoms with E-state index in [1.165, 1.54) is 0 Å². The van der Waals surface area contributed by atoms with E-state index in [-0.39, 0.29) is 51.5 Å². The van der Waals surface area contributed by atoms with Gasteiger partial charge in [0.15, 0.2) is 0 Å². The smallest absolute Gasteiger partial charge is 0.348 e. The van der Waals surface area contributed by atoms with Crippen molar-refractivity contribution < 1.29 is 42.3 Å². The van der Waals surface area contributed by atoms with Crippen molar-refractivity contribution in [1.29, 1.82) is 0 Å². The van der Waals surface area contributed by atoms with E-state index in [0.717, 1.165) is 32.5 Å². The van der Waals surface area contributed by atoms with Gasteiger partial charge >= 0.3 is 13.6 Å². The normalized spacial score (nSPS) is 13.9. The van der Waals surface area contributed by atoms with Gasteiger partial charge in [0.25, 0.3) is 11.8 Å². The van der Waals surface area contributed by atoms with Crippen LogP contribution in [0.1, 0.15) is 69.7 Å². The minimum atomic E-state index is -4.32. The van der Waals surface area contributed by atoms with Crippen LogP contribution in [0.25, 0.3) is 10.8 Å². The first-order chi connectivity index (χ1) is 31.5. The first-order valence-corrected chi connectivity index (χ1v) is 23.4. The second kappa shape index (κ2) is 22.0. The van der Waals surface area contributed by atoms with Gasteiger partial charge in [-0.3, -0.25) is 29.2 Å². The van der Waals surface area contributed by atoms with Crippen molar-refractivity contribution in [3.05, 3.63) is 185 Å². The minimum Gasteiger partial charge on any atom is -0.497 e. The molecule has 0 aromatic heterocycles. The van der Waals surface area contributed by atoms with Gasteiger partial charge < -0.3 is 23.8 Å². The fourth-order valence-corrected chi connectivity index (χ4v) is 9.70. The third-order valence-electron chi connectivity index (χ3n) is 11.2. The molecule has 336 valence electrons. The Morgan fingerprint density at radius 1 is 0.631 bits per heavy atom. The second-order valence-electron chi connectivity index (χ2n) is 16.4. The van der Waals surface area contributed by atoms with E-state index >= 15 is 4.57 Å². The van der Waals surface area contributed by atoms with Crippen molar-refractivity contribution in [3.8, 4) is 5.75 Å². The molecule has 13 heteroatoms. The molecule has 6 aromatic rings. The molecule has 1 heterocycles. The fraction of sp³-hybridized carbons (Fsp3) is 0.269. The number of carbonyl (C=O) groups is 4. The van der Waals surface area contributed by atoms with Crippen molar-refractivity contribution in [2.45, 2.75) is 70.8 Å². The summed E-state index contributed by atoms with van der Waals surface area (Å²) < 4.78 is 39.4. The van der Waals surface area contributed by atoms with Crippen LogP contribution in [-0.4, -0.2) is 60.1 Å². The molecule has 1 aliphatic rings. The van der Waals surface area contributed by atoms with Crippen molar-refractivity contribution >= 4 is 42.1 Å². The molecule has 0 aliphatic carbocycles. The monoisotopic (exact) mass is 895 g/mol. The molecule has 65 heavy (non-hydrogen) atoms. The van der Waals surface area contributed by atoms with Gasteiger partial charge in [-0.2, -0.15) is 0 Å². The highest BCUT2D eigenvalue weighted by Crippen LogP contribution is 2.55. The molecule has 3 amide bonds. The lowest BCUT2D eigenvalue weighted by Crippen LogP contribution is -2.54. The summed E-state index contributed by atoms with van der Waals surface area (Å²) >= 11 is 0. The summed E-state index contributed by atoms with van der Waals surface area (Å²) in [5, 5.41) is 7.65. The summed E-state index contributed by atoms with van der Waals surface area (Å²) in [4.78, 5) is 58.0. The number of esters is 1. The average Bonchev–Trinajstić information content (AvgIpc) is 3.33. The van der Waals surface area contributed by atoms with Gasteiger partial charge in [0.2, 0.25) is 5.91 Å². The zero-order valence-electron chi connectivity index (χ0n) is 36.8. The Morgan fingerprint density at radius 3 is 1.66 bits per heavy atom. The molecule has 0 fully saturated rings. The number of imide groups is 1. The van der Waals surface area contributed by atoms with E-state index in [1.54, 1.807) is 43.5 Å². The minimum absolute atomic E-state index is 0.00198. The molecule has 1 aliphatic heterocycles. The predicted molar refractivity (Wildman–Crippen MR) is 249 cm³/mol. The molecule has 6 aromatic carbocycles. The van der Waals surface area contributed by atoms with Gasteiger partial charge in [-0.1, -0.05) is 141 Å². The van der Waals surface area contributed by atoms with Gasteiger partial charge in [-0.15, -0.1) is 0 Å². The average molecular weight is 896 g/mol. The van der Waals surface area contributed by atoms with E-state index in [0.29, 0.717) is 22.3 Å². The summed E-state index contributed by atoms with van der Waals surface area (Å²) in [5.74, 6) is -2.84. The largest absolute Gasteiger partial charge is 0.497 e. The van der Waals surface area contributed by atoms with Gasteiger partial charge in [0.1, 0.15) is 24.2 Å². The Morgan fingerprint density at radius 2 is 1.15 bits per heavy atom. The van der Waals surface area contributed by atoms with Crippen LogP contribution in [0.5, 0.6) is 5.75 Å². The number of nitrogens with one attached hydrogen (secondary N) is 2. The van der Waals surface area contributed by atoms with Crippen molar-refractivity contribution in [2.75, 3.05) is 13.7 Å². The van der Waals surface area contributed by atoms with Crippen LogP contribution in [0.15, 0.2) is 152 Å². The topological polar surface area (TPSA) is 150 Å². The fourth-order valence-electron chi connectivity index (χ4n) is 7.81. The third kappa shape index (κ3) is 12.0. The Kier molecular flexibility index (Phi) is 15.7. The number of amides is 3. The maximum Gasteiger partial charge on any atom is 0.348 e. The maximum absolute atomic E-state index is 15.6. The Hall–Kier alpha value is -6.43. The highest BCUT2D eigenvalue weighted by atomic mass is 31.2. The second-order valence-corrected chi connectivity index (χ2v) is 18.6. The molecule has 12 nitrogen and oxygen atoms in total. The Balaban J connectivity index is 1.21. The highest BCUT2D eigenvalue weighted by Gasteiger charge is 2.42. The van der Waals surface area contributed by atoms with Crippen molar-refractivity contribution in [2.24, 2.45) is 5.92 Å². The standard InChI is InChI=1S/C52H54N3O9P/c1-36(2)31-45(49(56)54-46(32-37-25-27-42(61-3)28-26-37)52(59)62-33-38-15-7-4-8-16-38)53-47(29-30-55-50(57)43-23-13-21-41-22-14-24-44(48(41)43)51(55)58)65(60,63-34-39-17-9-5-10-18-39)64-35-40-19-11-6-12-20-40/h4-28,36,45-47,53H,29-35H2,1-3H3,(H,54,56)/t45-,46-,47?/m0/s1. The molecule has 0 bridgehead atoms. The van der Waals surface area contributed by atoms with Gasteiger partial charge in [-0.25, -0.2) is 4.79 Å². The van der Waals surface area contributed by atoms with Crippen LogP contribution >= 0.6 is 7.60 Å². The number of methoxy groups -OCH3 is 1. The highest BCUT2D eigenvalue weighted by molar-refractivity contribution is 7.54. The van der Waals surface area contributed by atoms with E-state index < -0.39 is 49.2 Å². The number of rotatable bonds is 22. The SMILES string of the molecule is COc1ccc(C[C@H](NC(=O)[C@H](CC(C)C)NC(CCN2C(=O)c3cccc4cccc(c34)C2=O)P(=O)(OCc2ccccc2)OCc2ccccc2)C(=O)OCc2ccccc2)cc1. The summed E-state index contributed by atoms with van der Waals surface area (Å²) in [5.41, 5.74) is 3.75. The van der Waals surface area contributed by atoms with Crippen LogP contribution in [-0.2, 0) is 54.2 Å². The van der Waals surface area contributed by atoms with Crippen LogP contribution in [0.3, 0.4) is 0 Å². The van der Waals surface area contributed by atoms with Crippen LogP contribution in [0, 0.1) is 5.92 Å². The summed E-state index contributed by atoms with van der Waals surface area (Å²) in [6, 6.07) is 43.3. The molecule has 3 atom stereocenters. The molecule has 1 unspecified atom stereocenters. The van der Waals surface area contributed by atoms with E-state index in [9.17, 15) is 19.2 Å². The molecule has 0 radical (unpaired) electrons. The van der Waals surface area contributed by atoms with Gasteiger partial charge in [0, 0.05) is 29.5 Å². The summed E-state index contributed by atoms with van der Waals surface area (Å²) in [7, 11) is -2.76. The summed E-state index contributed by atoms with van der Waals surface area (Å²) in [6.45, 7) is 3.51. The molecule has 0 spiro atoms. The molecule has 7 rings (SSSR count). The van der Waals surface area contributed by atoms with Crippen LogP contribution in [0.2, 0.25) is 0 Å². The number of ether oxygens (including phenoxy) is 2. The van der Waals surface area contributed by atoms with Crippen LogP contribution in [0.4, 0.5) is 0 Å². The predicted octanol–water partition coefficient (Wildman–Crippen LogP) is 9.26. The number of benzene rings is 6. The third-order valence-corrected chi connectivity index (χ3v) is 13.4. The van der Waals surface area contributed by atoms with E-state index in [2.05, 4.69) is 10.6 Å². The van der Waals surface area contributed by atoms with Gasteiger partial charge in [-0.05, 0) is 70.7 Å². The molecule has 0 saturated carbocycles. The zero-order valence-corrected chi connectivity index (χ0v) is 37.7. The summed E-state index contributed by atoms with van der Waals surface area (Å²) in [6.07, 6.45) is 0.227. The van der Waals surface area contributed by atoms with Crippen molar-refractivity contribution in [3.63, 3.8) is 0 Å². The maximum atomic E-state index is 15.6. The Labute approximate surface area is 379 Å². The quantitative estimate of drug-likeness (QED) is 0.0384. The lowest BCUT2D eigenvalue weighted by Gasteiger charge is -2.34. The first-order valence-electron chi connectivity index (χ1n) is 21.8. The van der Waals surface area contributed by atoms with E-state index in [4.69, 9.17) is 18.5 Å². The molecular weight excluding hydrogens is 842 g/mol. The number of nitrogens with zero attached hydrogens (tertiary/aromatic N) is 1. The van der Waals surface area contributed by atoms with Crippen LogP contribution < -0.4 is 15.4 Å². The van der Waals surface area contributed by atoms with E-state index in [1.807, 2.05) is 129 Å².